The summed E-state index contributed by atoms with van der Waals surface area (Å²) in [5, 5.41) is 8.90. The molecule has 0 saturated carbocycles. The largest absolute Gasteiger partial charge is 0.478 e. The van der Waals surface area contributed by atoms with Gasteiger partial charge in [0.25, 0.3) is 0 Å². The number of carboxylic acids is 1. The quantitative estimate of drug-likeness (QED) is 0.799. The summed E-state index contributed by atoms with van der Waals surface area (Å²) in [7, 11) is -3.83. The standard InChI is InChI=1S/C11H9BrClNO4S/c1-2-3-4-14-19(17,18)7-5-8(11(15)16)10(13)9(12)6-7/h5-6,14H,4H2,1H3,(H,15,16). The Morgan fingerprint density at radius 3 is 2.68 bits per heavy atom. The summed E-state index contributed by atoms with van der Waals surface area (Å²) in [6.45, 7) is 1.52. The van der Waals surface area contributed by atoms with Crippen molar-refractivity contribution in [3.63, 3.8) is 0 Å². The van der Waals surface area contributed by atoms with E-state index in [1.807, 2.05) is 0 Å². The van der Waals surface area contributed by atoms with E-state index in [0.717, 1.165) is 6.07 Å². The van der Waals surface area contributed by atoms with Crippen LogP contribution in [0.2, 0.25) is 5.02 Å². The minimum atomic E-state index is -3.83. The van der Waals surface area contributed by atoms with Crippen LogP contribution in [0.5, 0.6) is 0 Å². The lowest BCUT2D eigenvalue weighted by Crippen LogP contribution is -2.24. The second kappa shape index (κ2) is 6.39. The van der Waals surface area contributed by atoms with Crippen LogP contribution in [0.3, 0.4) is 0 Å². The predicted octanol–water partition coefficient (Wildman–Crippen LogP) is 2.10. The van der Waals surface area contributed by atoms with Gasteiger partial charge in [0, 0.05) is 4.47 Å². The van der Waals surface area contributed by atoms with Gasteiger partial charge in [-0.3, -0.25) is 0 Å². The molecule has 0 heterocycles. The summed E-state index contributed by atoms with van der Waals surface area (Å²) in [5.41, 5.74) is -0.294. The molecule has 1 aromatic carbocycles. The first-order valence-corrected chi connectivity index (χ1v) is 7.56. The van der Waals surface area contributed by atoms with Gasteiger partial charge in [-0.15, -0.1) is 5.92 Å². The van der Waals surface area contributed by atoms with E-state index in [1.165, 1.54) is 6.07 Å². The first-order valence-electron chi connectivity index (χ1n) is 4.91. The van der Waals surface area contributed by atoms with Crippen LogP contribution in [0.15, 0.2) is 21.5 Å². The fraction of sp³-hybridized carbons (Fsp3) is 0.182. The van der Waals surface area contributed by atoms with Gasteiger partial charge in [0.15, 0.2) is 0 Å². The molecule has 0 saturated heterocycles. The topological polar surface area (TPSA) is 83.5 Å². The van der Waals surface area contributed by atoms with E-state index in [1.54, 1.807) is 6.92 Å². The number of carboxylic acid groups (broad SMARTS) is 1. The highest BCUT2D eigenvalue weighted by Gasteiger charge is 2.20. The van der Waals surface area contributed by atoms with E-state index >= 15 is 0 Å². The zero-order chi connectivity index (χ0) is 14.6. The number of hydrogen-bond donors (Lipinski definition) is 2. The lowest BCUT2D eigenvalue weighted by atomic mass is 10.2. The fourth-order valence-corrected chi connectivity index (χ4v) is 2.95. The van der Waals surface area contributed by atoms with Crippen molar-refractivity contribution in [2.45, 2.75) is 11.8 Å². The molecule has 0 atom stereocenters. The average Bonchev–Trinajstić information content (AvgIpc) is 2.32. The number of nitrogens with one attached hydrogen (secondary N) is 1. The first kappa shape index (κ1) is 16.0. The molecule has 0 spiro atoms. The normalized spacial score (nSPS) is 10.7. The maximum Gasteiger partial charge on any atom is 0.337 e. The van der Waals surface area contributed by atoms with Gasteiger partial charge in [-0.05, 0) is 35.0 Å². The third-order valence-electron chi connectivity index (χ3n) is 2.07. The number of hydrogen-bond acceptors (Lipinski definition) is 3. The molecule has 2 N–H and O–H groups in total. The molecule has 8 heteroatoms. The predicted molar refractivity (Wildman–Crippen MR) is 74.7 cm³/mol. The molecule has 0 aliphatic heterocycles. The van der Waals surface area contributed by atoms with Crippen molar-refractivity contribution in [1.82, 2.24) is 4.72 Å². The molecule has 0 unspecified atom stereocenters. The van der Waals surface area contributed by atoms with Gasteiger partial charge in [0.05, 0.1) is 22.0 Å². The van der Waals surface area contributed by atoms with E-state index < -0.39 is 16.0 Å². The monoisotopic (exact) mass is 365 g/mol. The molecular formula is C11H9BrClNO4S. The van der Waals surface area contributed by atoms with E-state index in [0.29, 0.717) is 0 Å². The van der Waals surface area contributed by atoms with Crippen molar-refractivity contribution in [2.75, 3.05) is 6.54 Å². The Balaban J connectivity index is 3.27. The molecule has 0 amide bonds. The number of sulfonamides is 1. The molecule has 0 aromatic heterocycles. The summed E-state index contributed by atoms with van der Waals surface area (Å²) >= 11 is 8.80. The lowest BCUT2D eigenvalue weighted by Gasteiger charge is -2.08. The van der Waals surface area contributed by atoms with Crippen molar-refractivity contribution >= 4 is 43.5 Å². The number of benzene rings is 1. The van der Waals surface area contributed by atoms with Gasteiger partial charge in [0.1, 0.15) is 0 Å². The van der Waals surface area contributed by atoms with Crippen molar-refractivity contribution in [2.24, 2.45) is 0 Å². The highest BCUT2D eigenvalue weighted by Crippen LogP contribution is 2.29. The minimum Gasteiger partial charge on any atom is -0.478 e. The number of carbonyl (C=O) groups is 1. The number of rotatable bonds is 4. The third kappa shape index (κ3) is 3.94. The van der Waals surface area contributed by atoms with E-state index in [2.05, 4.69) is 32.5 Å². The summed E-state index contributed by atoms with van der Waals surface area (Å²) in [6, 6.07) is 2.23. The molecule has 0 fully saturated rings. The van der Waals surface area contributed by atoms with Crippen LogP contribution in [-0.4, -0.2) is 26.0 Å². The Morgan fingerprint density at radius 1 is 1.53 bits per heavy atom. The zero-order valence-corrected chi connectivity index (χ0v) is 12.9. The van der Waals surface area contributed by atoms with Gasteiger partial charge in [-0.25, -0.2) is 13.2 Å². The maximum absolute atomic E-state index is 11.9. The molecular weight excluding hydrogens is 358 g/mol. The number of halogens is 2. The Morgan fingerprint density at radius 2 is 2.16 bits per heavy atom. The second-order valence-electron chi connectivity index (χ2n) is 3.32. The van der Waals surface area contributed by atoms with E-state index in [-0.39, 0.29) is 26.5 Å². The van der Waals surface area contributed by atoms with Crippen LogP contribution in [-0.2, 0) is 10.0 Å². The Labute approximate surface area is 124 Å². The summed E-state index contributed by atoms with van der Waals surface area (Å²) in [4.78, 5) is 10.8. The number of aromatic carboxylic acids is 1. The van der Waals surface area contributed by atoms with E-state index in [9.17, 15) is 13.2 Å². The molecule has 19 heavy (non-hydrogen) atoms. The van der Waals surface area contributed by atoms with Crippen LogP contribution >= 0.6 is 27.5 Å². The summed E-state index contributed by atoms with van der Waals surface area (Å²) < 4.78 is 26.2. The van der Waals surface area contributed by atoms with Crippen LogP contribution in [0.1, 0.15) is 17.3 Å². The summed E-state index contributed by atoms with van der Waals surface area (Å²) in [6.07, 6.45) is 0. The lowest BCUT2D eigenvalue weighted by molar-refractivity contribution is 0.0696. The van der Waals surface area contributed by atoms with E-state index in [4.69, 9.17) is 16.7 Å². The highest BCUT2D eigenvalue weighted by molar-refractivity contribution is 9.10. The molecule has 5 nitrogen and oxygen atoms in total. The zero-order valence-electron chi connectivity index (χ0n) is 9.70. The fourth-order valence-electron chi connectivity index (χ4n) is 1.18. The van der Waals surface area contributed by atoms with Gasteiger partial charge in [-0.2, -0.15) is 4.72 Å². The highest BCUT2D eigenvalue weighted by atomic mass is 79.9. The van der Waals surface area contributed by atoms with Gasteiger partial charge < -0.3 is 5.11 Å². The molecule has 0 aliphatic rings. The van der Waals surface area contributed by atoms with Crippen LogP contribution in [0.25, 0.3) is 0 Å². The first-order chi connectivity index (χ1) is 8.79. The Kier molecular flexibility index (Phi) is 5.38. The van der Waals surface area contributed by atoms with Crippen molar-refractivity contribution in [3.8, 4) is 11.8 Å². The van der Waals surface area contributed by atoms with Gasteiger partial charge in [0.2, 0.25) is 10.0 Å². The van der Waals surface area contributed by atoms with Crippen LogP contribution in [0, 0.1) is 11.8 Å². The smallest absolute Gasteiger partial charge is 0.337 e. The molecule has 102 valence electrons. The SMILES string of the molecule is CC#CCNS(=O)(=O)c1cc(Br)c(Cl)c(C(=O)O)c1. The van der Waals surface area contributed by atoms with Gasteiger partial charge in [-0.1, -0.05) is 17.5 Å². The van der Waals surface area contributed by atoms with Crippen molar-refractivity contribution in [3.05, 3.63) is 27.2 Å². The molecule has 0 bridgehead atoms. The maximum atomic E-state index is 11.9. The Bertz CT molecular complexity index is 676. The van der Waals surface area contributed by atoms with Crippen LogP contribution < -0.4 is 4.72 Å². The summed E-state index contributed by atoms with van der Waals surface area (Å²) in [5.74, 6) is 3.77. The Hall–Kier alpha value is -1.07. The minimum absolute atomic E-state index is 0.0541. The molecule has 0 radical (unpaired) electrons. The van der Waals surface area contributed by atoms with Crippen molar-refractivity contribution < 1.29 is 18.3 Å². The molecule has 1 rings (SSSR count). The van der Waals surface area contributed by atoms with Crippen LogP contribution in [0.4, 0.5) is 0 Å². The van der Waals surface area contributed by atoms with Crippen molar-refractivity contribution in [1.29, 1.82) is 0 Å². The second-order valence-corrected chi connectivity index (χ2v) is 6.32. The average molecular weight is 367 g/mol. The van der Waals surface area contributed by atoms with Gasteiger partial charge >= 0.3 is 5.97 Å². The molecule has 0 aliphatic carbocycles. The molecule has 1 aromatic rings. The third-order valence-corrected chi connectivity index (χ3v) is 4.71.